The van der Waals surface area contributed by atoms with E-state index in [9.17, 15) is 19.8 Å². The third-order valence-corrected chi connectivity index (χ3v) is 2.95. The van der Waals surface area contributed by atoms with E-state index in [-0.39, 0.29) is 17.9 Å². The number of ether oxygens (including phenoxy) is 1. The van der Waals surface area contributed by atoms with Crippen molar-refractivity contribution in [3.8, 4) is 16.9 Å². The van der Waals surface area contributed by atoms with Crippen LogP contribution in [0.2, 0.25) is 0 Å². The third-order valence-electron chi connectivity index (χ3n) is 2.95. The maximum Gasteiger partial charge on any atom is 0.339 e. The summed E-state index contributed by atoms with van der Waals surface area (Å²) in [6, 6.07) is 11.7. The molecular formula is C16H14O5. The zero-order valence-corrected chi connectivity index (χ0v) is 11.4. The molecule has 21 heavy (non-hydrogen) atoms. The summed E-state index contributed by atoms with van der Waals surface area (Å²) in [5.74, 6) is -1.87. The van der Waals surface area contributed by atoms with E-state index in [1.807, 2.05) is 6.07 Å². The van der Waals surface area contributed by atoms with E-state index < -0.39 is 11.9 Å². The summed E-state index contributed by atoms with van der Waals surface area (Å²) < 4.78 is 5.10. The molecule has 0 saturated carbocycles. The first-order valence-corrected chi connectivity index (χ1v) is 6.28. The number of aliphatic hydroxyl groups is 1. The first-order valence-electron chi connectivity index (χ1n) is 6.28. The Hall–Kier alpha value is -2.66. The fourth-order valence-corrected chi connectivity index (χ4v) is 2.09. The summed E-state index contributed by atoms with van der Waals surface area (Å²) in [6.45, 7) is 0.907. The first-order chi connectivity index (χ1) is 10.0. The first kappa shape index (κ1) is 14.7. The molecule has 0 aliphatic rings. The van der Waals surface area contributed by atoms with E-state index in [4.69, 9.17) is 4.74 Å². The maximum absolute atomic E-state index is 11.3. The van der Waals surface area contributed by atoms with Crippen LogP contribution in [0.25, 0.3) is 11.1 Å². The number of carbonyl (C=O) groups is 2. The van der Waals surface area contributed by atoms with Gasteiger partial charge < -0.3 is 14.9 Å². The van der Waals surface area contributed by atoms with Crippen LogP contribution >= 0.6 is 0 Å². The summed E-state index contributed by atoms with van der Waals surface area (Å²) >= 11 is 0. The highest BCUT2D eigenvalue weighted by atomic mass is 16.5. The van der Waals surface area contributed by atoms with E-state index in [0.29, 0.717) is 16.7 Å². The van der Waals surface area contributed by atoms with Crippen molar-refractivity contribution in [1.29, 1.82) is 0 Å². The quantitative estimate of drug-likeness (QED) is 0.666. The smallest absolute Gasteiger partial charge is 0.339 e. The van der Waals surface area contributed by atoms with Gasteiger partial charge >= 0.3 is 11.9 Å². The summed E-state index contributed by atoms with van der Waals surface area (Å²) in [7, 11) is 0. The number of aromatic carboxylic acids is 1. The lowest BCUT2D eigenvalue weighted by atomic mass is 9.96. The molecule has 0 saturated heterocycles. The number of benzene rings is 2. The number of carboxylic acid groups (broad SMARTS) is 1. The van der Waals surface area contributed by atoms with Gasteiger partial charge in [0.1, 0.15) is 5.56 Å². The predicted octanol–water partition coefficient (Wildman–Crippen LogP) is 2.47. The fraction of sp³-hybridized carbons (Fsp3) is 0.125. The Balaban J connectivity index is 2.77. The summed E-state index contributed by atoms with van der Waals surface area (Å²) in [5, 5.41) is 18.7. The van der Waals surface area contributed by atoms with Gasteiger partial charge in [-0.2, -0.15) is 0 Å². The van der Waals surface area contributed by atoms with Crippen molar-refractivity contribution in [3.05, 3.63) is 53.6 Å². The minimum Gasteiger partial charge on any atom is -0.478 e. The van der Waals surface area contributed by atoms with Gasteiger partial charge in [-0.3, -0.25) is 4.79 Å². The van der Waals surface area contributed by atoms with Crippen molar-refractivity contribution in [3.63, 3.8) is 0 Å². The monoisotopic (exact) mass is 286 g/mol. The number of carboxylic acids is 1. The van der Waals surface area contributed by atoms with Crippen LogP contribution in [-0.2, 0) is 11.4 Å². The van der Waals surface area contributed by atoms with Gasteiger partial charge in [-0.1, -0.05) is 36.4 Å². The molecule has 0 heterocycles. The SMILES string of the molecule is CC(=O)Oc1c(C(=O)O)ccc(CO)c1-c1ccccc1. The summed E-state index contributed by atoms with van der Waals surface area (Å²) in [5.41, 5.74) is 1.44. The lowest BCUT2D eigenvalue weighted by molar-refractivity contribution is -0.131. The molecule has 0 radical (unpaired) electrons. The summed E-state index contributed by atoms with van der Waals surface area (Å²) in [4.78, 5) is 22.6. The summed E-state index contributed by atoms with van der Waals surface area (Å²) in [6.07, 6.45) is 0. The molecule has 0 aromatic heterocycles. The molecule has 2 aromatic carbocycles. The Morgan fingerprint density at radius 2 is 1.76 bits per heavy atom. The van der Waals surface area contributed by atoms with Crippen LogP contribution in [0.3, 0.4) is 0 Å². The average molecular weight is 286 g/mol. The van der Waals surface area contributed by atoms with Gasteiger partial charge in [-0.05, 0) is 17.2 Å². The van der Waals surface area contributed by atoms with E-state index >= 15 is 0 Å². The minimum atomic E-state index is -1.20. The molecule has 0 aliphatic carbocycles. The standard InChI is InChI=1S/C16H14O5/c1-10(18)21-15-13(16(19)20)8-7-12(9-17)14(15)11-5-3-2-4-6-11/h2-8,17H,9H2,1H3,(H,19,20). The van der Waals surface area contributed by atoms with Crippen molar-refractivity contribution in [2.75, 3.05) is 0 Å². The van der Waals surface area contributed by atoms with Crippen LogP contribution in [0.4, 0.5) is 0 Å². The Labute approximate surface area is 121 Å². The minimum absolute atomic E-state index is 0.0484. The molecule has 2 rings (SSSR count). The Bertz CT molecular complexity index is 677. The Morgan fingerprint density at radius 1 is 1.10 bits per heavy atom. The molecule has 0 spiro atoms. The average Bonchev–Trinajstić information content (AvgIpc) is 2.46. The van der Waals surface area contributed by atoms with Gasteiger partial charge in [0.15, 0.2) is 5.75 Å². The molecule has 0 bridgehead atoms. The second-order valence-corrected chi connectivity index (χ2v) is 4.40. The molecule has 5 nitrogen and oxygen atoms in total. The molecule has 0 amide bonds. The van der Waals surface area contributed by atoms with Crippen molar-refractivity contribution in [2.24, 2.45) is 0 Å². The van der Waals surface area contributed by atoms with Crippen LogP contribution in [0.1, 0.15) is 22.8 Å². The van der Waals surface area contributed by atoms with Crippen LogP contribution in [0.5, 0.6) is 5.75 Å². The zero-order valence-electron chi connectivity index (χ0n) is 11.4. The van der Waals surface area contributed by atoms with Crippen LogP contribution in [-0.4, -0.2) is 22.2 Å². The molecular weight excluding hydrogens is 272 g/mol. The molecule has 0 aliphatic heterocycles. The Morgan fingerprint density at radius 3 is 2.29 bits per heavy atom. The van der Waals surface area contributed by atoms with Gasteiger partial charge in [0, 0.05) is 12.5 Å². The second kappa shape index (κ2) is 6.19. The van der Waals surface area contributed by atoms with E-state index in [0.717, 1.165) is 0 Å². The van der Waals surface area contributed by atoms with Crippen molar-refractivity contribution >= 4 is 11.9 Å². The van der Waals surface area contributed by atoms with Gasteiger partial charge in [0.2, 0.25) is 0 Å². The lowest BCUT2D eigenvalue weighted by Gasteiger charge is -2.15. The van der Waals surface area contributed by atoms with Crippen LogP contribution in [0, 0.1) is 0 Å². The molecule has 2 aromatic rings. The van der Waals surface area contributed by atoms with Gasteiger partial charge in [0.05, 0.1) is 6.61 Å². The highest BCUT2D eigenvalue weighted by Crippen LogP contribution is 2.37. The molecule has 108 valence electrons. The van der Waals surface area contributed by atoms with Gasteiger partial charge in [0.25, 0.3) is 0 Å². The fourth-order valence-electron chi connectivity index (χ4n) is 2.09. The van der Waals surface area contributed by atoms with Crippen molar-refractivity contribution in [2.45, 2.75) is 13.5 Å². The largest absolute Gasteiger partial charge is 0.478 e. The maximum atomic E-state index is 11.3. The number of hydrogen-bond donors (Lipinski definition) is 2. The van der Waals surface area contributed by atoms with Gasteiger partial charge in [-0.25, -0.2) is 4.79 Å². The number of rotatable bonds is 4. The normalized spacial score (nSPS) is 10.2. The second-order valence-electron chi connectivity index (χ2n) is 4.40. The van der Waals surface area contributed by atoms with Crippen LogP contribution < -0.4 is 4.74 Å². The third kappa shape index (κ3) is 3.09. The van der Waals surface area contributed by atoms with Crippen molar-refractivity contribution < 1.29 is 24.5 Å². The van der Waals surface area contributed by atoms with Crippen molar-refractivity contribution in [1.82, 2.24) is 0 Å². The number of carbonyl (C=O) groups excluding carboxylic acids is 1. The molecule has 2 N–H and O–H groups in total. The topological polar surface area (TPSA) is 83.8 Å². The molecule has 0 unspecified atom stereocenters. The van der Waals surface area contributed by atoms with Gasteiger partial charge in [-0.15, -0.1) is 0 Å². The predicted molar refractivity (Wildman–Crippen MR) is 76.1 cm³/mol. The number of esters is 1. The number of hydrogen-bond acceptors (Lipinski definition) is 4. The van der Waals surface area contributed by atoms with E-state index in [2.05, 4.69) is 0 Å². The molecule has 0 fully saturated rings. The van der Waals surface area contributed by atoms with E-state index in [1.165, 1.54) is 19.1 Å². The highest BCUT2D eigenvalue weighted by Gasteiger charge is 2.21. The lowest BCUT2D eigenvalue weighted by Crippen LogP contribution is -2.10. The van der Waals surface area contributed by atoms with Crippen LogP contribution in [0.15, 0.2) is 42.5 Å². The zero-order chi connectivity index (χ0) is 15.4. The molecule has 5 heteroatoms. The highest BCUT2D eigenvalue weighted by molar-refractivity contribution is 5.96. The van der Waals surface area contributed by atoms with E-state index in [1.54, 1.807) is 24.3 Å². The molecule has 0 atom stereocenters. The Kier molecular flexibility index (Phi) is 4.35. The number of aliphatic hydroxyl groups excluding tert-OH is 1.